The molecule has 0 bridgehead atoms. The smallest absolute Gasteiger partial charge is 0.0721 e. The van der Waals surface area contributed by atoms with Crippen molar-refractivity contribution in [2.45, 2.75) is 70.4 Å². The van der Waals surface area contributed by atoms with Crippen molar-refractivity contribution in [2.75, 3.05) is 6.54 Å². The van der Waals surface area contributed by atoms with E-state index in [4.69, 9.17) is 0 Å². The quantitative estimate of drug-likeness (QED) is 0.774. The van der Waals surface area contributed by atoms with Crippen molar-refractivity contribution < 1.29 is 5.11 Å². The number of hydrogen-bond acceptors (Lipinski definition) is 2. The van der Waals surface area contributed by atoms with Gasteiger partial charge in [-0.2, -0.15) is 0 Å². The Morgan fingerprint density at radius 2 is 2.06 bits per heavy atom. The lowest BCUT2D eigenvalue weighted by atomic mass is 9.75. The zero-order chi connectivity index (χ0) is 11.4. The molecule has 2 N–H and O–H groups in total. The van der Waals surface area contributed by atoms with Gasteiger partial charge in [-0.1, -0.05) is 32.6 Å². The topological polar surface area (TPSA) is 32.3 Å². The number of rotatable bonds is 3. The number of aliphatic hydroxyl groups is 1. The fourth-order valence-electron chi connectivity index (χ4n) is 3.51. The summed E-state index contributed by atoms with van der Waals surface area (Å²) in [5.41, 5.74) is 0. The zero-order valence-corrected chi connectivity index (χ0v) is 10.6. The highest BCUT2D eigenvalue weighted by atomic mass is 16.3. The SMILES string of the molecule is CCC1CCCC(C(O)C2CCCCN2)C1. The molecule has 2 rings (SSSR count). The van der Waals surface area contributed by atoms with Crippen LogP contribution in [0, 0.1) is 11.8 Å². The van der Waals surface area contributed by atoms with Gasteiger partial charge in [0.2, 0.25) is 0 Å². The van der Waals surface area contributed by atoms with Crippen molar-refractivity contribution >= 4 is 0 Å². The van der Waals surface area contributed by atoms with Crippen LogP contribution in [0.1, 0.15) is 58.3 Å². The lowest BCUT2D eigenvalue weighted by Crippen LogP contribution is -2.47. The Morgan fingerprint density at radius 1 is 1.19 bits per heavy atom. The Hall–Kier alpha value is -0.0800. The number of aliphatic hydroxyl groups excluding tert-OH is 1. The summed E-state index contributed by atoms with van der Waals surface area (Å²) in [6.45, 7) is 3.39. The van der Waals surface area contributed by atoms with E-state index >= 15 is 0 Å². The Labute approximate surface area is 99.8 Å². The predicted octanol–water partition coefficient (Wildman–Crippen LogP) is 2.71. The molecule has 2 nitrogen and oxygen atoms in total. The molecule has 1 heterocycles. The summed E-state index contributed by atoms with van der Waals surface area (Å²) < 4.78 is 0. The van der Waals surface area contributed by atoms with E-state index < -0.39 is 0 Å². The predicted molar refractivity (Wildman–Crippen MR) is 67.4 cm³/mol. The fourth-order valence-corrected chi connectivity index (χ4v) is 3.51. The molecule has 2 heteroatoms. The average Bonchev–Trinajstić information content (AvgIpc) is 2.39. The fraction of sp³-hybridized carbons (Fsp3) is 1.00. The number of hydrogen-bond donors (Lipinski definition) is 2. The molecule has 0 aromatic carbocycles. The average molecular weight is 225 g/mol. The van der Waals surface area contributed by atoms with E-state index in [9.17, 15) is 5.11 Å². The molecule has 2 aliphatic rings. The third kappa shape index (κ3) is 2.98. The van der Waals surface area contributed by atoms with Crippen LogP contribution < -0.4 is 5.32 Å². The lowest BCUT2D eigenvalue weighted by molar-refractivity contribution is 0.0297. The Kier molecular flexibility index (Phi) is 4.66. The van der Waals surface area contributed by atoms with Gasteiger partial charge in [-0.25, -0.2) is 0 Å². The maximum absolute atomic E-state index is 10.4. The minimum absolute atomic E-state index is 0.0883. The van der Waals surface area contributed by atoms with Crippen molar-refractivity contribution in [1.29, 1.82) is 0 Å². The van der Waals surface area contributed by atoms with Crippen LogP contribution in [0.5, 0.6) is 0 Å². The molecular formula is C14H27NO. The highest BCUT2D eigenvalue weighted by Gasteiger charge is 2.31. The van der Waals surface area contributed by atoms with Crippen LogP contribution in [0.25, 0.3) is 0 Å². The van der Waals surface area contributed by atoms with Crippen LogP contribution in [-0.2, 0) is 0 Å². The molecule has 4 unspecified atom stereocenters. The van der Waals surface area contributed by atoms with E-state index in [-0.39, 0.29) is 6.10 Å². The van der Waals surface area contributed by atoms with E-state index in [1.54, 1.807) is 0 Å². The third-order valence-corrected chi connectivity index (χ3v) is 4.64. The Morgan fingerprint density at radius 3 is 2.75 bits per heavy atom. The van der Waals surface area contributed by atoms with Crippen LogP contribution in [-0.4, -0.2) is 23.8 Å². The van der Waals surface area contributed by atoms with Gasteiger partial charge >= 0.3 is 0 Å². The summed E-state index contributed by atoms with van der Waals surface area (Å²) in [5, 5.41) is 13.9. The minimum Gasteiger partial charge on any atom is -0.391 e. The second-order valence-corrected chi connectivity index (χ2v) is 5.75. The first kappa shape index (κ1) is 12.4. The third-order valence-electron chi connectivity index (χ3n) is 4.64. The molecule has 1 saturated heterocycles. The maximum atomic E-state index is 10.4. The van der Waals surface area contributed by atoms with Gasteiger partial charge in [0, 0.05) is 6.04 Å². The van der Waals surface area contributed by atoms with Gasteiger partial charge in [0.15, 0.2) is 0 Å². The zero-order valence-electron chi connectivity index (χ0n) is 10.6. The molecule has 0 aromatic heterocycles. The van der Waals surface area contributed by atoms with Gasteiger partial charge < -0.3 is 10.4 Å². The number of nitrogens with one attached hydrogen (secondary N) is 1. The molecule has 1 aliphatic heterocycles. The monoisotopic (exact) mass is 225 g/mol. The van der Waals surface area contributed by atoms with Crippen molar-refractivity contribution in [3.8, 4) is 0 Å². The first-order valence-corrected chi connectivity index (χ1v) is 7.22. The van der Waals surface area contributed by atoms with Crippen LogP contribution in [0.2, 0.25) is 0 Å². The van der Waals surface area contributed by atoms with Crippen molar-refractivity contribution in [3.63, 3.8) is 0 Å². The van der Waals surface area contributed by atoms with Crippen molar-refractivity contribution in [3.05, 3.63) is 0 Å². The van der Waals surface area contributed by atoms with Gasteiger partial charge in [-0.05, 0) is 44.1 Å². The summed E-state index contributed by atoms with van der Waals surface area (Å²) in [6.07, 6.45) is 10.2. The van der Waals surface area contributed by atoms with E-state index in [0.717, 1.165) is 12.5 Å². The largest absolute Gasteiger partial charge is 0.391 e. The molecule has 0 radical (unpaired) electrons. The lowest BCUT2D eigenvalue weighted by Gasteiger charge is -2.37. The van der Waals surface area contributed by atoms with Gasteiger partial charge in [0.25, 0.3) is 0 Å². The van der Waals surface area contributed by atoms with E-state index in [1.165, 1.54) is 51.4 Å². The molecule has 0 amide bonds. The summed E-state index contributed by atoms with van der Waals surface area (Å²) in [6, 6.07) is 0.384. The summed E-state index contributed by atoms with van der Waals surface area (Å²) >= 11 is 0. The summed E-state index contributed by atoms with van der Waals surface area (Å²) in [4.78, 5) is 0. The highest BCUT2D eigenvalue weighted by Crippen LogP contribution is 2.34. The van der Waals surface area contributed by atoms with E-state index in [0.29, 0.717) is 12.0 Å². The second-order valence-electron chi connectivity index (χ2n) is 5.75. The second kappa shape index (κ2) is 6.02. The molecule has 4 atom stereocenters. The number of piperidine rings is 1. The summed E-state index contributed by atoms with van der Waals surface area (Å²) in [7, 11) is 0. The van der Waals surface area contributed by atoms with Gasteiger partial charge in [-0.3, -0.25) is 0 Å². The normalized spacial score (nSPS) is 38.2. The van der Waals surface area contributed by atoms with Gasteiger partial charge in [0.1, 0.15) is 0 Å². The minimum atomic E-state index is -0.0883. The van der Waals surface area contributed by atoms with Crippen molar-refractivity contribution in [2.24, 2.45) is 11.8 Å². The molecule has 0 aromatic rings. The van der Waals surface area contributed by atoms with E-state index in [1.807, 2.05) is 0 Å². The van der Waals surface area contributed by atoms with Gasteiger partial charge in [0.05, 0.1) is 6.10 Å². The molecule has 94 valence electrons. The first-order valence-electron chi connectivity index (χ1n) is 7.22. The highest BCUT2D eigenvalue weighted by molar-refractivity contribution is 4.87. The van der Waals surface area contributed by atoms with Gasteiger partial charge in [-0.15, -0.1) is 0 Å². The molecule has 1 aliphatic carbocycles. The van der Waals surface area contributed by atoms with Crippen molar-refractivity contribution in [1.82, 2.24) is 5.32 Å². The summed E-state index contributed by atoms with van der Waals surface area (Å²) in [5.74, 6) is 1.44. The molecule has 2 fully saturated rings. The van der Waals surface area contributed by atoms with Crippen LogP contribution in [0.3, 0.4) is 0 Å². The van der Waals surface area contributed by atoms with Crippen LogP contribution in [0.15, 0.2) is 0 Å². The standard InChI is InChI=1S/C14H27NO/c1-2-11-6-5-7-12(10-11)14(16)13-8-3-4-9-15-13/h11-16H,2-10H2,1H3. The van der Waals surface area contributed by atoms with E-state index in [2.05, 4.69) is 12.2 Å². The van der Waals surface area contributed by atoms with Crippen LogP contribution >= 0.6 is 0 Å². The Balaban J connectivity index is 1.84. The molecule has 1 saturated carbocycles. The Bertz CT molecular complexity index is 201. The maximum Gasteiger partial charge on any atom is 0.0721 e. The molecule has 16 heavy (non-hydrogen) atoms. The van der Waals surface area contributed by atoms with Crippen LogP contribution in [0.4, 0.5) is 0 Å². The molecule has 0 spiro atoms. The first-order chi connectivity index (χ1) is 7.81. The molecular weight excluding hydrogens is 198 g/mol.